The summed E-state index contributed by atoms with van der Waals surface area (Å²) < 4.78 is 5.13. The van der Waals surface area contributed by atoms with E-state index in [1.165, 1.54) is 33.5 Å². The highest BCUT2D eigenvalue weighted by Gasteiger charge is 2.52. The number of amides is 2. The molecule has 1 N–H and O–H groups in total. The van der Waals surface area contributed by atoms with E-state index in [2.05, 4.69) is 15.5 Å². The van der Waals surface area contributed by atoms with Gasteiger partial charge in [0.15, 0.2) is 5.71 Å². The van der Waals surface area contributed by atoms with Crippen molar-refractivity contribution in [3.05, 3.63) is 27.9 Å². The quantitative estimate of drug-likeness (QED) is 0.193. The van der Waals surface area contributed by atoms with E-state index in [1.807, 2.05) is 0 Å². The summed E-state index contributed by atoms with van der Waals surface area (Å²) in [5, 5.41) is 6.92. The molecule has 172 valence electrons. The number of oxime groups is 1. The second-order valence-electron chi connectivity index (χ2n) is 7.95. The Kier molecular flexibility index (Phi) is 7.20. The van der Waals surface area contributed by atoms with Crippen LogP contribution in [0.3, 0.4) is 0 Å². The van der Waals surface area contributed by atoms with Crippen LogP contribution >= 0.6 is 23.1 Å². The summed E-state index contributed by atoms with van der Waals surface area (Å²) in [6, 6.07) is -0.861. The van der Waals surface area contributed by atoms with Gasteiger partial charge in [-0.3, -0.25) is 14.5 Å². The minimum atomic E-state index is -0.861. The maximum Gasteiger partial charge on any atom is 0.347 e. The number of β-lactam (4-membered cyclic amide) rings is 1. The molecule has 0 bridgehead atoms. The number of aromatic nitrogens is 1. The zero-order valence-corrected chi connectivity index (χ0v) is 20.2. The number of fused-ring (bicyclic) bond motifs is 1. The van der Waals surface area contributed by atoms with Gasteiger partial charge in [0.1, 0.15) is 22.7 Å². The third-order valence-electron chi connectivity index (χ3n) is 4.29. The number of nitrogens with zero attached hydrogens (tertiary/aromatic N) is 3. The Morgan fingerprint density at radius 3 is 2.69 bits per heavy atom. The first-order chi connectivity index (χ1) is 15.0. The van der Waals surface area contributed by atoms with Gasteiger partial charge in [0.05, 0.1) is 16.3 Å². The van der Waals surface area contributed by atoms with Crippen molar-refractivity contribution in [1.82, 2.24) is 15.2 Å². The second-order valence-corrected chi connectivity index (χ2v) is 10.1. The monoisotopic (exact) mass is 497 g/mol. The van der Waals surface area contributed by atoms with E-state index in [0.29, 0.717) is 5.75 Å². The molecular weight excluding hydrogens is 476 g/mol. The van der Waals surface area contributed by atoms with Crippen LogP contribution in [-0.4, -0.2) is 67.9 Å². The first-order valence-corrected chi connectivity index (χ1v) is 11.9. The first kappa shape index (κ1) is 24.1. The van der Waals surface area contributed by atoms with E-state index in [-0.39, 0.29) is 17.1 Å². The number of thioether (sulfide) groups is 1. The maximum atomic E-state index is 12.9. The summed E-state index contributed by atoms with van der Waals surface area (Å²) in [5.41, 5.74) is 1.79. The molecule has 3 rings (SSSR count). The molecule has 3 heterocycles. The van der Waals surface area contributed by atoms with Crippen molar-refractivity contribution in [2.75, 3.05) is 12.4 Å². The molecule has 2 aliphatic heterocycles. The summed E-state index contributed by atoms with van der Waals surface area (Å²) in [6.07, 6.45) is 0. The van der Waals surface area contributed by atoms with Gasteiger partial charge in [-0.1, -0.05) is 5.16 Å². The Morgan fingerprint density at radius 2 is 2.09 bits per heavy atom. The predicted molar refractivity (Wildman–Crippen MR) is 121 cm³/mol. The van der Waals surface area contributed by atoms with Crippen LogP contribution in [-0.2, 0) is 41.4 Å². The number of carbonyl (C=O) groups excluding carboxylic acids is 4. The van der Waals surface area contributed by atoms with E-state index < -0.39 is 46.5 Å². The number of hydrogen-bond donors (Lipinski definition) is 1. The lowest BCUT2D eigenvalue weighted by atomic mass is 10.0. The predicted octanol–water partition coefficient (Wildman–Crippen LogP) is 0.953. The van der Waals surface area contributed by atoms with Crippen molar-refractivity contribution >= 4 is 64.3 Å². The molecule has 0 aliphatic carbocycles. The lowest BCUT2D eigenvalue weighted by molar-refractivity contribution is -0.160. The molecule has 2 aliphatic rings. The molecular formula is C19H21N4O6S3-. The first-order valence-electron chi connectivity index (χ1n) is 9.46. The summed E-state index contributed by atoms with van der Waals surface area (Å²) in [7, 11) is 0. The minimum Gasteiger partial charge on any atom is -0.735 e. The number of rotatable bonds is 7. The van der Waals surface area contributed by atoms with Gasteiger partial charge in [-0.15, -0.1) is 23.1 Å². The lowest BCUT2D eigenvalue weighted by Gasteiger charge is -2.50. The van der Waals surface area contributed by atoms with E-state index in [4.69, 9.17) is 22.2 Å². The molecule has 1 unspecified atom stereocenters. The van der Waals surface area contributed by atoms with Crippen LogP contribution in [0, 0.1) is 0 Å². The molecule has 1 aromatic rings. The Balaban J connectivity index is 1.70. The molecule has 13 heteroatoms. The van der Waals surface area contributed by atoms with Crippen LogP contribution in [0.25, 0.3) is 0 Å². The van der Waals surface area contributed by atoms with Crippen LogP contribution in [0.15, 0.2) is 27.3 Å². The number of ether oxygens (including phenoxy) is 1. The van der Waals surface area contributed by atoms with Gasteiger partial charge in [-0.2, -0.15) is 0 Å². The lowest BCUT2D eigenvalue weighted by Crippen LogP contribution is -2.70. The zero-order chi connectivity index (χ0) is 23.6. The fourth-order valence-electron chi connectivity index (χ4n) is 3.03. The highest BCUT2D eigenvalue weighted by molar-refractivity contribution is 8.00. The van der Waals surface area contributed by atoms with Gasteiger partial charge in [-0.25, -0.2) is 9.78 Å². The van der Waals surface area contributed by atoms with Gasteiger partial charge in [0.2, 0.25) is 6.61 Å². The number of carbonyl (C=O) groups is 4. The average Bonchev–Trinajstić information content (AvgIpc) is 3.21. The van der Waals surface area contributed by atoms with Gasteiger partial charge in [0.25, 0.3) is 11.8 Å². The van der Waals surface area contributed by atoms with Crippen LogP contribution < -0.4 is 5.32 Å². The highest BCUT2D eigenvalue weighted by Crippen LogP contribution is 2.40. The summed E-state index contributed by atoms with van der Waals surface area (Å²) in [6.45, 7) is 6.39. The van der Waals surface area contributed by atoms with Gasteiger partial charge >= 0.3 is 5.97 Å². The molecule has 0 saturated carbocycles. The molecule has 1 saturated heterocycles. The van der Waals surface area contributed by atoms with Crippen LogP contribution in [0.5, 0.6) is 0 Å². The molecule has 2 amide bonds. The molecule has 1 aromatic heterocycles. The Bertz CT molecular complexity index is 999. The van der Waals surface area contributed by atoms with Crippen LogP contribution in [0.4, 0.5) is 0 Å². The van der Waals surface area contributed by atoms with Gasteiger partial charge < -0.3 is 32.3 Å². The molecule has 0 radical (unpaired) electrons. The Labute approximate surface area is 198 Å². The number of hydrogen-bond acceptors (Lipinski definition) is 11. The van der Waals surface area contributed by atoms with Crippen LogP contribution in [0.1, 0.15) is 33.4 Å². The molecule has 0 aromatic carbocycles. The second kappa shape index (κ2) is 9.55. The SMILES string of the molecule is CC1=C(C(=O)[S-])N2C(=O)C(NC(=O)C(=NOCC(=O)OC(C)(C)C)c3cscn3)[C@H]2SC1. The molecule has 1 fully saturated rings. The standard InChI is InChI=1S/C19H22N4O6S3/c1-9-6-32-17-13(16(26)23(17)14(9)18(27)30)21-15(25)12(10-7-31-8-20-10)22-28-5-11(24)29-19(2,3)4/h7-8,13,17H,5-6H2,1-4H3,(H,21,25)(H,27,30)/p-1/t13?,17-/m1/s1. The zero-order valence-electron chi connectivity index (χ0n) is 17.7. The van der Waals surface area contributed by atoms with E-state index >= 15 is 0 Å². The van der Waals surface area contributed by atoms with Crippen molar-refractivity contribution in [1.29, 1.82) is 0 Å². The van der Waals surface area contributed by atoms with E-state index in [9.17, 15) is 19.2 Å². The van der Waals surface area contributed by atoms with Crippen LogP contribution in [0.2, 0.25) is 0 Å². The fourth-order valence-corrected chi connectivity index (χ4v) is 5.13. The van der Waals surface area contributed by atoms with Crippen molar-refractivity contribution < 1.29 is 28.8 Å². The summed E-state index contributed by atoms with van der Waals surface area (Å²) in [4.78, 5) is 59.6. The van der Waals surface area contributed by atoms with Gasteiger partial charge in [-0.05, 0) is 33.3 Å². The molecule has 0 spiro atoms. The van der Waals surface area contributed by atoms with Crippen molar-refractivity contribution in [2.45, 2.75) is 44.7 Å². The number of nitrogens with one attached hydrogen (secondary N) is 1. The summed E-state index contributed by atoms with van der Waals surface area (Å²) in [5.74, 6) is -1.26. The Hall–Kier alpha value is -2.51. The van der Waals surface area contributed by atoms with Gasteiger partial charge in [0, 0.05) is 11.1 Å². The minimum absolute atomic E-state index is 0.187. The fraction of sp³-hybridized carbons (Fsp3) is 0.474. The summed E-state index contributed by atoms with van der Waals surface area (Å²) >= 11 is 7.41. The third kappa shape index (κ3) is 5.27. The molecule has 10 nitrogen and oxygen atoms in total. The molecule has 2 atom stereocenters. The topological polar surface area (TPSA) is 127 Å². The van der Waals surface area contributed by atoms with E-state index in [0.717, 1.165) is 5.57 Å². The Morgan fingerprint density at radius 1 is 1.38 bits per heavy atom. The maximum absolute atomic E-state index is 12.9. The van der Waals surface area contributed by atoms with Crippen molar-refractivity contribution in [3.8, 4) is 0 Å². The normalized spacial score (nSPS) is 20.9. The van der Waals surface area contributed by atoms with Crippen molar-refractivity contribution in [2.24, 2.45) is 5.16 Å². The largest absolute Gasteiger partial charge is 0.735 e. The smallest absolute Gasteiger partial charge is 0.347 e. The molecule has 32 heavy (non-hydrogen) atoms. The third-order valence-corrected chi connectivity index (χ3v) is 6.49. The highest BCUT2D eigenvalue weighted by atomic mass is 32.2. The van der Waals surface area contributed by atoms with Crippen molar-refractivity contribution in [3.63, 3.8) is 0 Å². The number of thiazole rings is 1. The van der Waals surface area contributed by atoms with E-state index in [1.54, 1.807) is 33.1 Å². The average molecular weight is 498 g/mol. The number of esters is 1.